The Kier molecular flexibility index (Phi) is 7.28. The summed E-state index contributed by atoms with van der Waals surface area (Å²) >= 11 is 0. The highest BCUT2D eigenvalue weighted by Crippen LogP contribution is 2.09. The van der Waals surface area contributed by atoms with E-state index in [-0.39, 0.29) is 18.3 Å². The predicted octanol–water partition coefficient (Wildman–Crippen LogP) is 2.18. The van der Waals surface area contributed by atoms with Crippen molar-refractivity contribution in [2.75, 3.05) is 20.2 Å². The molecule has 21 heavy (non-hydrogen) atoms. The first-order valence-electron chi connectivity index (χ1n) is 7.17. The molecule has 0 atom stereocenters. The van der Waals surface area contributed by atoms with Crippen LogP contribution in [-0.2, 0) is 11.3 Å². The maximum absolute atomic E-state index is 12.0. The fourth-order valence-electron chi connectivity index (χ4n) is 1.81. The molecule has 0 unspecified atom stereocenters. The second kappa shape index (κ2) is 8.99. The Morgan fingerprint density at radius 1 is 1.38 bits per heavy atom. The van der Waals surface area contributed by atoms with Crippen LogP contribution in [0, 0.1) is 0 Å². The number of esters is 1. The zero-order valence-corrected chi connectivity index (χ0v) is 12.8. The Bertz CT molecular complexity index is 459. The number of nitrogens with zero attached hydrogens (tertiary/aromatic N) is 2. The van der Waals surface area contributed by atoms with E-state index < -0.39 is 5.97 Å². The summed E-state index contributed by atoms with van der Waals surface area (Å²) in [5, 5.41) is 2.76. The number of aromatic nitrogens is 1. The van der Waals surface area contributed by atoms with E-state index in [1.54, 1.807) is 4.90 Å². The van der Waals surface area contributed by atoms with Crippen molar-refractivity contribution in [1.29, 1.82) is 0 Å². The van der Waals surface area contributed by atoms with Gasteiger partial charge in [0.05, 0.1) is 13.7 Å². The molecule has 0 saturated heterocycles. The van der Waals surface area contributed by atoms with E-state index in [2.05, 4.69) is 22.0 Å². The van der Waals surface area contributed by atoms with Gasteiger partial charge in [0, 0.05) is 13.1 Å². The zero-order chi connectivity index (χ0) is 15.7. The van der Waals surface area contributed by atoms with Crippen LogP contribution in [0.2, 0.25) is 0 Å². The molecule has 0 fully saturated rings. The van der Waals surface area contributed by atoms with Crippen LogP contribution < -0.4 is 5.32 Å². The lowest BCUT2D eigenvalue weighted by Gasteiger charge is -2.21. The van der Waals surface area contributed by atoms with Crippen molar-refractivity contribution in [3.05, 3.63) is 17.8 Å². The fraction of sp³-hybridized carbons (Fsp3) is 0.643. The zero-order valence-electron chi connectivity index (χ0n) is 12.8. The Labute approximate surface area is 124 Å². The summed E-state index contributed by atoms with van der Waals surface area (Å²) in [5.74, 6) is -0.237. The van der Waals surface area contributed by atoms with E-state index in [0.29, 0.717) is 19.0 Å². The van der Waals surface area contributed by atoms with Gasteiger partial charge in [0.1, 0.15) is 6.26 Å². The van der Waals surface area contributed by atoms with Crippen LogP contribution in [0.25, 0.3) is 0 Å². The van der Waals surface area contributed by atoms with Crippen molar-refractivity contribution in [3.8, 4) is 0 Å². The van der Waals surface area contributed by atoms with E-state index in [9.17, 15) is 9.59 Å². The molecule has 1 N–H and O–H groups in total. The highest BCUT2D eigenvalue weighted by Gasteiger charge is 2.18. The molecule has 1 aromatic rings. The molecule has 1 rings (SSSR count). The number of ether oxygens (including phenoxy) is 1. The lowest BCUT2D eigenvalue weighted by atomic mass is 10.2. The standard InChI is InChI=1S/C14H23N3O4/c1-4-6-7-8-17(14(19)15-5-2)9-12-16-11(10-21-12)13(18)20-3/h10H,4-9H2,1-3H3,(H,15,19). The number of hydrogen-bond donors (Lipinski definition) is 1. The number of amides is 2. The monoisotopic (exact) mass is 297 g/mol. The average Bonchev–Trinajstić information content (AvgIpc) is 2.94. The summed E-state index contributed by atoms with van der Waals surface area (Å²) in [5.41, 5.74) is 0.108. The Balaban J connectivity index is 2.68. The van der Waals surface area contributed by atoms with E-state index in [0.717, 1.165) is 19.3 Å². The molecule has 0 aliphatic heterocycles. The molecule has 2 amide bonds. The van der Waals surface area contributed by atoms with Crippen molar-refractivity contribution in [1.82, 2.24) is 15.2 Å². The molecule has 0 aliphatic rings. The Hall–Kier alpha value is -2.05. The first-order chi connectivity index (χ1) is 10.1. The number of hydrogen-bond acceptors (Lipinski definition) is 5. The maximum Gasteiger partial charge on any atom is 0.360 e. The van der Waals surface area contributed by atoms with Crippen LogP contribution in [0.4, 0.5) is 4.79 Å². The van der Waals surface area contributed by atoms with Crippen LogP contribution in [0.3, 0.4) is 0 Å². The van der Waals surface area contributed by atoms with Gasteiger partial charge in [0.15, 0.2) is 5.69 Å². The van der Waals surface area contributed by atoms with Crippen LogP contribution >= 0.6 is 0 Å². The quantitative estimate of drug-likeness (QED) is 0.587. The van der Waals surface area contributed by atoms with Gasteiger partial charge in [0.2, 0.25) is 5.89 Å². The molecule has 1 aromatic heterocycles. The molecule has 0 bridgehead atoms. The van der Waals surface area contributed by atoms with Crippen LogP contribution in [0.15, 0.2) is 10.7 Å². The lowest BCUT2D eigenvalue weighted by Crippen LogP contribution is -2.40. The van der Waals surface area contributed by atoms with Gasteiger partial charge in [-0.1, -0.05) is 19.8 Å². The van der Waals surface area contributed by atoms with E-state index in [1.807, 2.05) is 6.92 Å². The van der Waals surface area contributed by atoms with Gasteiger partial charge < -0.3 is 19.4 Å². The summed E-state index contributed by atoms with van der Waals surface area (Å²) in [6.45, 7) is 5.38. The summed E-state index contributed by atoms with van der Waals surface area (Å²) in [6.07, 6.45) is 4.28. The number of carbonyl (C=O) groups excluding carboxylic acids is 2. The Morgan fingerprint density at radius 2 is 2.14 bits per heavy atom. The molecule has 7 heteroatoms. The average molecular weight is 297 g/mol. The maximum atomic E-state index is 12.0. The number of rotatable bonds is 8. The minimum atomic E-state index is -0.555. The van der Waals surface area contributed by atoms with Gasteiger partial charge in [0.25, 0.3) is 0 Å². The molecule has 0 aliphatic carbocycles. The van der Waals surface area contributed by atoms with Crippen molar-refractivity contribution >= 4 is 12.0 Å². The van der Waals surface area contributed by atoms with Crippen molar-refractivity contribution in [2.24, 2.45) is 0 Å². The third kappa shape index (κ3) is 5.45. The van der Waals surface area contributed by atoms with Gasteiger partial charge in [-0.2, -0.15) is 0 Å². The minimum absolute atomic E-state index is 0.108. The third-order valence-corrected chi connectivity index (χ3v) is 2.92. The minimum Gasteiger partial charge on any atom is -0.464 e. The van der Waals surface area contributed by atoms with Gasteiger partial charge in [-0.25, -0.2) is 14.6 Å². The topological polar surface area (TPSA) is 84.7 Å². The molecule has 0 radical (unpaired) electrons. The SMILES string of the molecule is CCCCCN(Cc1nc(C(=O)OC)co1)C(=O)NCC. The number of carbonyl (C=O) groups is 2. The molecular formula is C14H23N3O4. The van der Waals surface area contributed by atoms with Gasteiger partial charge in [-0.05, 0) is 13.3 Å². The molecular weight excluding hydrogens is 274 g/mol. The summed E-state index contributed by atoms with van der Waals surface area (Å²) in [7, 11) is 1.28. The summed E-state index contributed by atoms with van der Waals surface area (Å²) < 4.78 is 9.78. The third-order valence-electron chi connectivity index (χ3n) is 2.92. The Morgan fingerprint density at radius 3 is 2.76 bits per heavy atom. The van der Waals surface area contributed by atoms with E-state index >= 15 is 0 Å². The highest BCUT2D eigenvalue weighted by atomic mass is 16.5. The second-order valence-electron chi connectivity index (χ2n) is 4.58. The van der Waals surface area contributed by atoms with Crippen LogP contribution in [0.5, 0.6) is 0 Å². The smallest absolute Gasteiger partial charge is 0.360 e. The number of methoxy groups -OCH3 is 1. The molecule has 0 aromatic carbocycles. The predicted molar refractivity (Wildman–Crippen MR) is 76.9 cm³/mol. The normalized spacial score (nSPS) is 10.2. The van der Waals surface area contributed by atoms with Crippen LogP contribution in [0.1, 0.15) is 49.5 Å². The summed E-state index contributed by atoms with van der Waals surface area (Å²) in [6, 6.07) is -0.161. The molecule has 118 valence electrons. The number of unbranched alkanes of at least 4 members (excludes halogenated alkanes) is 2. The van der Waals surface area contributed by atoms with E-state index in [4.69, 9.17) is 4.42 Å². The summed E-state index contributed by atoms with van der Waals surface area (Å²) in [4.78, 5) is 29.0. The molecule has 0 saturated carbocycles. The first kappa shape index (κ1) is 17.0. The van der Waals surface area contributed by atoms with Crippen molar-refractivity contribution in [2.45, 2.75) is 39.7 Å². The number of nitrogens with one attached hydrogen (secondary N) is 1. The number of urea groups is 1. The van der Waals surface area contributed by atoms with Gasteiger partial charge >= 0.3 is 12.0 Å². The van der Waals surface area contributed by atoms with Crippen molar-refractivity contribution in [3.63, 3.8) is 0 Å². The highest BCUT2D eigenvalue weighted by molar-refractivity contribution is 5.86. The first-order valence-corrected chi connectivity index (χ1v) is 7.17. The van der Waals surface area contributed by atoms with E-state index in [1.165, 1.54) is 13.4 Å². The second-order valence-corrected chi connectivity index (χ2v) is 4.58. The molecule has 1 heterocycles. The molecule has 7 nitrogen and oxygen atoms in total. The van der Waals surface area contributed by atoms with Crippen LogP contribution in [-0.4, -0.2) is 42.1 Å². The largest absolute Gasteiger partial charge is 0.464 e. The molecule has 0 spiro atoms. The lowest BCUT2D eigenvalue weighted by molar-refractivity contribution is 0.0594. The van der Waals surface area contributed by atoms with Gasteiger partial charge in [-0.15, -0.1) is 0 Å². The number of oxazole rings is 1. The fourth-order valence-corrected chi connectivity index (χ4v) is 1.81. The van der Waals surface area contributed by atoms with Gasteiger partial charge in [-0.3, -0.25) is 0 Å². The van der Waals surface area contributed by atoms with Crippen molar-refractivity contribution < 1.29 is 18.7 Å².